The van der Waals surface area contributed by atoms with Gasteiger partial charge in [-0.15, -0.1) is 13.2 Å². The largest absolute Gasteiger partial charge is 0.523 e. The average molecular weight is 262 g/mol. The van der Waals surface area contributed by atoms with Crippen molar-refractivity contribution in [3.63, 3.8) is 0 Å². The van der Waals surface area contributed by atoms with Crippen molar-refractivity contribution in [1.82, 2.24) is 0 Å². The second-order valence-corrected chi connectivity index (χ2v) is 3.20. The minimum atomic E-state index is -5.11. The highest BCUT2D eigenvalue weighted by molar-refractivity contribution is 6.11. The first kappa shape index (κ1) is 14.2. The number of ether oxygens (including phenoxy) is 2. The van der Waals surface area contributed by atoms with Crippen molar-refractivity contribution in [2.75, 3.05) is 7.11 Å². The number of halogens is 3. The van der Waals surface area contributed by atoms with Crippen molar-refractivity contribution in [2.45, 2.75) is 12.5 Å². The number of benzene rings is 1. The molecule has 1 aromatic carbocycles. The van der Waals surface area contributed by atoms with Crippen LogP contribution in [0.4, 0.5) is 13.2 Å². The van der Waals surface area contributed by atoms with Crippen molar-refractivity contribution in [3.8, 4) is 0 Å². The lowest BCUT2D eigenvalue weighted by Crippen LogP contribution is -2.38. The van der Waals surface area contributed by atoms with Gasteiger partial charge in [-0.25, -0.2) is 4.79 Å². The average Bonchev–Trinajstić information content (AvgIpc) is 2.34. The van der Waals surface area contributed by atoms with Crippen LogP contribution in [0.2, 0.25) is 0 Å². The van der Waals surface area contributed by atoms with E-state index in [1.807, 2.05) is 0 Å². The molecule has 0 heterocycles. The molecule has 7 heteroatoms. The highest BCUT2D eigenvalue weighted by Gasteiger charge is 2.41. The molecule has 1 atom stereocenters. The van der Waals surface area contributed by atoms with Gasteiger partial charge in [-0.2, -0.15) is 0 Å². The van der Waals surface area contributed by atoms with Crippen LogP contribution in [-0.2, 0) is 14.3 Å². The third-order valence-corrected chi connectivity index (χ3v) is 1.96. The molecular weight excluding hydrogens is 253 g/mol. The summed E-state index contributed by atoms with van der Waals surface area (Å²) in [5.74, 6) is -2.51. The van der Waals surface area contributed by atoms with Gasteiger partial charge in [0.2, 0.25) is 11.9 Å². The standard InChI is InChI=1S/C11H9F3O4/c1-17-10(16)9(18-11(12,13)14)8(15)7-5-3-2-4-6-7/h2-6,9H,1H3. The van der Waals surface area contributed by atoms with Crippen LogP contribution in [0.25, 0.3) is 0 Å². The molecular formula is C11H9F3O4. The number of hydrogen-bond acceptors (Lipinski definition) is 4. The summed E-state index contributed by atoms with van der Waals surface area (Å²) >= 11 is 0. The molecule has 0 aliphatic rings. The van der Waals surface area contributed by atoms with E-state index in [1.54, 1.807) is 6.07 Å². The van der Waals surface area contributed by atoms with E-state index in [2.05, 4.69) is 9.47 Å². The Morgan fingerprint density at radius 3 is 2.17 bits per heavy atom. The lowest BCUT2D eigenvalue weighted by Gasteiger charge is -2.16. The molecule has 0 fully saturated rings. The predicted octanol–water partition coefficient (Wildman–Crippen LogP) is 1.95. The Morgan fingerprint density at radius 2 is 1.72 bits per heavy atom. The molecule has 0 aliphatic heterocycles. The zero-order chi connectivity index (χ0) is 13.8. The zero-order valence-corrected chi connectivity index (χ0v) is 9.23. The molecule has 0 N–H and O–H groups in total. The van der Waals surface area contributed by atoms with Gasteiger partial charge in [-0.3, -0.25) is 9.53 Å². The quantitative estimate of drug-likeness (QED) is 0.473. The fourth-order valence-electron chi connectivity index (χ4n) is 1.20. The van der Waals surface area contributed by atoms with Gasteiger partial charge < -0.3 is 4.74 Å². The zero-order valence-electron chi connectivity index (χ0n) is 9.23. The van der Waals surface area contributed by atoms with Crippen LogP contribution in [0.1, 0.15) is 10.4 Å². The summed E-state index contributed by atoms with van der Waals surface area (Å²) in [6.45, 7) is 0. The Hall–Kier alpha value is -1.89. The third-order valence-electron chi connectivity index (χ3n) is 1.96. The Labute approximate surface area is 100 Å². The maximum Gasteiger partial charge on any atom is 0.523 e. The van der Waals surface area contributed by atoms with Gasteiger partial charge in [0.05, 0.1) is 7.11 Å². The van der Waals surface area contributed by atoms with Crippen LogP contribution in [0, 0.1) is 0 Å². The predicted molar refractivity (Wildman–Crippen MR) is 53.7 cm³/mol. The number of alkyl halides is 3. The van der Waals surface area contributed by atoms with Crippen molar-refractivity contribution in [1.29, 1.82) is 0 Å². The van der Waals surface area contributed by atoms with Crippen molar-refractivity contribution in [3.05, 3.63) is 35.9 Å². The number of esters is 1. The van der Waals surface area contributed by atoms with Crippen LogP contribution in [0.5, 0.6) is 0 Å². The van der Waals surface area contributed by atoms with Crippen LogP contribution >= 0.6 is 0 Å². The summed E-state index contributed by atoms with van der Waals surface area (Å²) in [6, 6.07) is 7.04. The second kappa shape index (κ2) is 5.63. The summed E-state index contributed by atoms with van der Waals surface area (Å²) < 4.78 is 43.9. The number of ketones is 1. The summed E-state index contributed by atoms with van der Waals surface area (Å²) in [5, 5.41) is 0. The normalized spacial score (nSPS) is 12.9. The number of rotatable bonds is 4. The van der Waals surface area contributed by atoms with Crippen LogP contribution in [0.3, 0.4) is 0 Å². The smallest absolute Gasteiger partial charge is 0.467 e. The van der Waals surface area contributed by atoms with E-state index in [0.717, 1.165) is 7.11 Å². The molecule has 1 unspecified atom stereocenters. The maximum atomic E-state index is 12.1. The van der Waals surface area contributed by atoms with Gasteiger partial charge in [0.25, 0.3) is 0 Å². The van der Waals surface area contributed by atoms with Gasteiger partial charge in [0, 0.05) is 5.56 Å². The second-order valence-electron chi connectivity index (χ2n) is 3.20. The van der Waals surface area contributed by atoms with E-state index >= 15 is 0 Å². The molecule has 0 aromatic heterocycles. The lowest BCUT2D eigenvalue weighted by molar-refractivity contribution is -0.332. The molecule has 0 saturated heterocycles. The van der Waals surface area contributed by atoms with Gasteiger partial charge >= 0.3 is 12.3 Å². The minimum Gasteiger partial charge on any atom is -0.467 e. The molecule has 0 aliphatic carbocycles. The Morgan fingerprint density at radius 1 is 1.17 bits per heavy atom. The van der Waals surface area contributed by atoms with Crippen molar-refractivity contribution >= 4 is 11.8 Å². The number of hydrogen-bond donors (Lipinski definition) is 0. The topological polar surface area (TPSA) is 52.6 Å². The molecule has 0 saturated carbocycles. The van der Waals surface area contributed by atoms with Crippen molar-refractivity contribution in [2.24, 2.45) is 0 Å². The number of carbonyl (C=O) groups is 2. The van der Waals surface area contributed by atoms with Crippen LogP contribution in [0.15, 0.2) is 30.3 Å². The van der Waals surface area contributed by atoms with Gasteiger partial charge in [-0.05, 0) is 0 Å². The summed E-state index contributed by atoms with van der Waals surface area (Å²) in [4.78, 5) is 22.8. The van der Waals surface area contributed by atoms with E-state index in [-0.39, 0.29) is 5.56 Å². The molecule has 0 radical (unpaired) electrons. The molecule has 98 valence electrons. The number of methoxy groups -OCH3 is 1. The molecule has 1 aromatic rings. The van der Waals surface area contributed by atoms with Gasteiger partial charge in [-0.1, -0.05) is 30.3 Å². The summed E-state index contributed by atoms with van der Waals surface area (Å²) in [5.41, 5.74) is -0.0721. The van der Waals surface area contributed by atoms with Crippen LogP contribution < -0.4 is 0 Å². The Kier molecular flexibility index (Phi) is 4.43. The van der Waals surface area contributed by atoms with Crippen LogP contribution in [-0.4, -0.2) is 31.3 Å². The molecule has 0 amide bonds. The van der Waals surface area contributed by atoms with E-state index in [4.69, 9.17) is 0 Å². The number of Topliss-reactive ketones (excluding diaryl/α,β-unsaturated/α-hetero) is 1. The lowest BCUT2D eigenvalue weighted by atomic mass is 10.1. The first-order chi connectivity index (χ1) is 8.35. The fraction of sp³-hybridized carbons (Fsp3) is 0.273. The van der Waals surface area contributed by atoms with Gasteiger partial charge in [0.15, 0.2) is 0 Å². The molecule has 4 nitrogen and oxygen atoms in total. The minimum absolute atomic E-state index is 0.0721. The van der Waals surface area contributed by atoms with Crippen molar-refractivity contribution < 1.29 is 32.2 Å². The highest BCUT2D eigenvalue weighted by Crippen LogP contribution is 2.21. The van der Waals surface area contributed by atoms with E-state index in [0.29, 0.717) is 0 Å². The Balaban J connectivity index is 2.97. The summed E-state index contributed by atoms with van der Waals surface area (Å²) in [6.07, 6.45) is -7.46. The first-order valence-electron chi connectivity index (χ1n) is 4.77. The fourth-order valence-corrected chi connectivity index (χ4v) is 1.20. The monoisotopic (exact) mass is 262 g/mol. The number of carbonyl (C=O) groups excluding carboxylic acids is 2. The van der Waals surface area contributed by atoms with E-state index in [9.17, 15) is 22.8 Å². The maximum absolute atomic E-state index is 12.1. The SMILES string of the molecule is COC(=O)C(OC(F)(F)F)C(=O)c1ccccc1. The molecule has 1 rings (SSSR count). The summed E-state index contributed by atoms with van der Waals surface area (Å²) in [7, 11) is 0.868. The van der Waals surface area contributed by atoms with E-state index in [1.165, 1.54) is 24.3 Å². The molecule has 0 bridgehead atoms. The first-order valence-corrected chi connectivity index (χ1v) is 4.77. The Bertz CT molecular complexity index is 428. The third kappa shape index (κ3) is 3.85. The highest BCUT2D eigenvalue weighted by atomic mass is 19.4. The molecule has 18 heavy (non-hydrogen) atoms. The van der Waals surface area contributed by atoms with E-state index < -0.39 is 24.2 Å². The van der Waals surface area contributed by atoms with Gasteiger partial charge in [0.1, 0.15) is 0 Å². The molecule has 0 spiro atoms.